The van der Waals surface area contributed by atoms with E-state index in [1.54, 1.807) is 0 Å². The number of hydrogen-bond donors (Lipinski definition) is 0. The van der Waals surface area contributed by atoms with Gasteiger partial charge in [-0.2, -0.15) is 8.61 Å². The van der Waals surface area contributed by atoms with Crippen molar-refractivity contribution in [2.45, 2.75) is 247 Å². The molecule has 0 bridgehead atoms. The summed E-state index contributed by atoms with van der Waals surface area (Å²) in [6, 6.07) is 24.3. The number of imidazole rings is 3. The average molecular weight is 1300 g/mol. The van der Waals surface area contributed by atoms with Crippen molar-refractivity contribution >= 4 is 54.8 Å². The van der Waals surface area contributed by atoms with Crippen LogP contribution in [0.3, 0.4) is 0 Å². The first-order valence-corrected chi connectivity index (χ1v) is 38.6. The Morgan fingerprint density at radius 1 is 0.409 bits per heavy atom. The summed E-state index contributed by atoms with van der Waals surface area (Å²) in [6.45, 7) is 12.1. The molecule has 6 aliphatic carbocycles. The highest BCUT2D eigenvalue weighted by Crippen LogP contribution is 2.55. The minimum atomic E-state index is -3.27. The lowest BCUT2D eigenvalue weighted by Crippen LogP contribution is -2.65. The van der Waals surface area contributed by atoms with Gasteiger partial charge in [0.25, 0.3) is 0 Å². The molecular formula is C73H93N11O7S2. The number of nitrogens with zero attached hydrogens (tertiary/aromatic N) is 11. The standard InChI is InChI=1S/2C25H32N4O3S.C23H29N3O/c2*1-2-3-14-28-22-11-7-5-9-20(22)26-23(28)15-29-21-10-6-4-8-19(21)25(24(29)30)16-27(17-25)33(31,32)18-12-13-18;1-2-3-15-25-20-12-7-5-10-18(20)24-21(25)16-26-19-11-6-4-9-17(19)23(22(26)27)13-8-14-23/h2*4,6,8,10,18H,2-3,5,7,9,11-17H2,1H3;4,6,9,11H,2-3,5,7-8,10,12-16H2,1H3. The van der Waals surface area contributed by atoms with Crippen molar-refractivity contribution in [2.24, 2.45) is 0 Å². The molecule has 3 aromatic carbocycles. The third kappa shape index (κ3) is 10.6. The summed E-state index contributed by atoms with van der Waals surface area (Å²) in [6.07, 6.45) is 26.6. The maximum Gasteiger partial charge on any atom is 0.240 e. The number of sulfonamides is 2. The van der Waals surface area contributed by atoms with Crippen LogP contribution in [-0.4, -0.2) is 108 Å². The average Bonchev–Trinajstić information content (AvgIpc) is 1.59. The lowest BCUT2D eigenvalue weighted by Gasteiger charge is -2.45. The van der Waals surface area contributed by atoms with Crippen LogP contribution in [0, 0.1) is 0 Å². The van der Waals surface area contributed by atoms with Gasteiger partial charge in [-0.25, -0.2) is 31.8 Å². The van der Waals surface area contributed by atoms with Gasteiger partial charge in [0.15, 0.2) is 0 Å². The van der Waals surface area contributed by atoms with Gasteiger partial charge >= 0.3 is 0 Å². The van der Waals surface area contributed by atoms with Crippen LogP contribution >= 0.6 is 0 Å². The molecule has 5 fully saturated rings. The predicted molar refractivity (Wildman–Crippen MR) is 360 cm³/mol. The van der Waals surface area contributed by atoms with Crippen LogP contribution in [0.1, 0.15) is 211 Å². The Labute approximate surface area is 549 Å². The first kappa shape index (κ1) is 62.6. The Morgan fingerprint density at radius 2 is 0.710 bits per heavy atom. The summed E-state index contributed by atoms with van der Waals surface area (Å²) in [4.78, 5) is 62.0. The van der Waals surface area contributed by atoms with Crippen LogP contribution in [-0.2, 0) is 128 Å². The van der Waals surface area contributed by atoms with Crippen molar-refractivity contribution in [1.82, 2.24) is 37.3 Å². The monoisotopic (exact) mass is 1300 g/mol. The molecule has 0 unspecified atom stereocenters. The smallest absolute Gasteiger partial charge is 0.240 e. The molecule has 3 amide bonds. The fraction of sp³-hybridized carbons (Fsp3) is 0.589. The lowest BCUT2D eigenvalue weighted by atomic mass is 9.65. The van der Waals surface area contributed by atoms with Gasteiger partial charge in [0.2, 0.25) is 37.8 Å². The molecule has 6 aromatic rings. The number of unbranched alkanes of at least 4 members (excludes halogenated alkanes) is 3. The fourth-order valence-electron chi connectivity index (χ4n) is 17.0. The van der Waals surface area contributed by atoms with Gasteiger partial charge in [-0.1, -0.05) is 101 Å². The zero-order chi connectivity index (χ0) is 64.0. The summed E-state index contributed by atoms with van der Waals surface area (Å²) < 4.78 is 61.2. The second-order valence-electron chi connectivity index (χ2n) is 28.8. The van der Waals surface area contributed by atoms with E-state index in [2.05, 4.69) is 58.7 Å². The Morgan fingerprint density at radius 3 is 1.01 bits per heavy atom. The fourth-order valence-corrected chi connectivity index (χ4v) is 20.9. The molecule has 3 saturated carbocycles. The summed E-state index contributed by atoms with van der Waals surface area (Å²) in [5.41, 5.74) is 12.2. The zero-order valence-corrected chi connectivity index (χ0v) is 56.6. The number of para-hydroxylation sites is 3. The number of carbonyl (C=O) groups is 3. The van der Waals surface area contributed by atoms with Crippen LogP contribution in [0.5, 0.6) is 0 Å². The Balaban J connectivity index is 0.000000116. The minimum Gasteiger partial charge on any atom is -0.330 e. The van der Waals surface area contributed by atoms with Crippen molar-refractivity contribution in [3.05, 3.63) is 141 Å². The first-order chi connectivity index (χ1) is 45.2. The SMILES string of the molecule is CCCCn1c(CN2C(=O)C3(CCC3)c3ccccc32)nc2c1CCCC2.CCCCn1c(CN2C(=O)C3(CN(S(=O)(=O)C4CC4)C3)c3ccccc32)nc2c1CCCC2.CCCCn1c(CN2C(=O)C3(CN(S(=O)(=O)C4CC4)C3)c3ccccc32)nc2c1CCCC2. The molecule has 8 heterocycles. The van der Waals surface area contributed by atoms with Gasteiger partial charge in [-0.15, -0.1) is 0 Å². The van der Waals surface area contributed by atoms with Crippen molar-refractivity contribution in [1.29, 1.82) is 0 Å². The van der Waals surface area contributed by atoms with Gasteiger partial charge in [-0.05, 0) is 170 Å². The quantitative estimate of drug-likeness (QED) is 0.0754. The lowest BCUT2D eigenvalue weighted by molar-refractivity contribution is -0.127. The number of rotatable bonds is 19. The molecule has 11 aliphatic rings. The molecule has 20 heteroatoms. The van der Waals surface area contributed by atoms with Crippen LogP contribution in [0.2, 0.25) is 0 Å². The zero-order valence-electron chi connectivity index (χ0n) is 54.9. The van der Waals surface area contributed by atoms with Crippen molar-refractivity contribution < 1.29 is 31.2 Å². The molecule has 17 rings (SSSR count). The Kier molecular flexibility index (Phi) is 16.6. The van der Waals surface area contributed by atoms with E-state index in [4.69, 9.17) is 15.0 Å². The maximum atomic E-state index is 13.9. The van der Waals surface area contributed by atoms with E-state index in [0.717, 1.165) is 174 Å². The number of aromatic nitrogens is 6. The number of benzene rings is 3. The van der Waals surface area contributed by atoms with E-state index in [0.29, 0.717) is 25.5 Å². The molecular weight excluding hydrogens is 1210 g/mol. The van der Waals surface area contributed by atoms with Crippen LogP contribution in [0.4, 0.5) is 17.1 Å². The first-order valence-electron chi connectivity index (χ1n) is 35.6. The molecule has 3 spiro atoms. The van der Waals surface area contributed by atoms with E-state index in [9.17, 15) is 31.2 Å². The maximum absolute atomic E-state index is 13.9. The minimum absolute atomic E-state index is 0.0222. The highest BCUT2D eigenvalue weighted by atomic mass is 32.2. The van der Waals surface area contributed by atoms with Crippen LogP contribution in [0.15, 0.2) is 72.8 Å². The van der Waals surface area contributed by atoms with Gasteiger partial charge in [-0.3, -0.25) is 14.4 Å². The molecule has 18 nitrogen and oxygen atoms in total. The molecule has 5 aliphatic heterocycles. The topological polar surface area (TPSA) is 189 Å². The highest BCUT2D eigenvalue weighted by molar-refractivity contribution is 7.90. The van der Waals surface area contributed by atoms with Crippen LogP contribution in [0.25, 0.3) is 0 Å². The number of carbonyl (C=O) groups excluding carboxylic acids is 3. The molecule has 93 heavy (non-hydrogen) atoms. The third-order valence-corrected chi connectivity index (χ3v) is 27.3. The van der Waals surface area contributed by atoms with Crippen molar-refractivity contribution in [3.63, 3.8) is 0 Å². The molecule has 3 aromatic heterocycles. The van der Waals surface area contributed by atoms with Gasteiger partial charge in [0.05, 0.1) is 52.6 Å². The molecule has 2 saturated heterocycles. The van der Waals surface area contributed by atoms with E-state index < -0.39 is 30.9 Å². The second kappa shape index (κ2) is 24.6. The summed E-state index contributed by atoms with van der Waals surface area (Å²) in [7, 11) is -6.54. The van der Waals surface area contributed by atoms with E-state index in [-0.39, 0.29) is 53.9 Å². The summed E-state index contributed by atoms with van der Waals surface area (Å²) in [5.74, 6) is 3.38. The molecule has 0 atom stereocenters. The highest BCUT2D eigenvalue weighted by Gasteiger charge is 2.64. The van der Waals surface area contributed by atoms with Crippen molar-refractivity contribution in [3.8, 4) is 0 Å². The van der Waals surface area contributed by atoms with Gasteiger partial charge in [0.1, 0.15) is 28.3 Å². The largest absolute Gasteiger partial charge is 0.330 e. The predicted octanol–water partition coefficient (Wildman–Crippen LogP) is 10.8. The number of amides is 3. The normalized spacial score (nSPS) is 21.3. The van der Waals surface area contributed by atoms with E-state index in [1.165, 1.54) is 99.7 Å². The van der Waals surface area contributed by atoms with E-state index >= 15 is 0 Å². The summed E-state index contributed by atoms with van der Waals surface area (Å²) in [5, 5.41) is -0.481. The van der Waals surface area contributed by atoms with Crippen LogP contribution < -0.4 is 14.7 Å². The van der Waals surface area contributed by atoms with E-state index in [1.807, 2.05) is 63.2 Å². The number of anilines is 3. The Bertz CT molecular complexity index is 3930. The number of fused-ring (bicyclic) bond motifs is 9. The van der Waals surface area contributed by atoms with Crippen molar-refractivity contribution in [2.75, 3.05) is 40.9 Å². The summed E-state index contributed by atoms with van der Waals surface area (Å²) >= 11 is 0. The molecule has 0 radical (unpaired) electrons. The molecule has 0 N–H and O–H groups in total. The van der Waals surface area contributed by atoms with Gasteiger partial charge in [0, 0.05) is 80.0 Å². The number of hydrogen-bond acceptors (Lipinski definition) is 10. The second-order valence-corrected chi connectivity index (χ2v) is 33.2. The van der Waals surface area contributed by atoms with Gasteiger partial charge < -0.3 is 28.4 Å². The number of aryl methyl sites for hydroxylation is 3. The molecule has 494 valence electrons. The third-order valence-electron chi connectivity index (χ3n) is 22.7. The Hall–Kier alpha value is -6.48.